The Morgan fingerprint density at radius 2 is 1.87 bits per heavy atom. The maximum absolute atomic E-state index is 12.0. The van der Waals surface area contributed by atoms with Gasteiger partial charge in [0.1, 0.15) is 5.82 Å². The maximum atomic E-state index is 12.0. The van der Waals surface area contributed by atoms with Crippen molar-refractivity contribution in [1.29, 1.82) is 0 Å². The molecule has 0 radical (unpaired) electrons. The third kappa shape index (κ3) is 3.24. The van der Waals surface area contributed by atoms with Crippen molar-refractivity contribution in [3.63, 3.8) is 0 Å². The van der Waals surface area contributed by atoms with E-state index in [4.69, 9.17) is 16.3 Å². The van der Waals surface area contributed by atoms with E-state index in [2.05, 4.69) is 15.3 Å². The summed E-state index contributed by atoms with van der Waals surface area (Å²) in [7, 11) is 0. The molecular weight excluding hydrogens is 314 g/mol. The van der Waals surface area contributed by atoms with E-state index in [9.17, 15) is 4.79 Å². The van der Waals surface area contributed by atoms with Gasteiger partial charge in [-0.2, -0.15) is 0 Å². The van der Waals surface area contributed by atoms with Crippen molar-refractivity contribution in [2.24, 2.45) is 0 Å². The SMILES string of the molecule is CCOC(=O)c1nc(Nc2ccccc2Cl)c2ccccc2n1. The summed E-state index contributed by atoms with van der Waals surface area (Å²) in [5.41, 5.74) is 1.35. The van der Waals surface area contributed by atoms with Crippen LogP contribution >= 0.6 is 11.6 Å². The van der Waals surface area contributed by atoms with Gasteiger partial charge in [0, 0.05) is 5.39 Å². The van der Waals surface area contributed by atoms with Gasteiger partial charge in [-0.05, 0) is 31.2 Å². The minimum absolute atomic E-state index is 0.0140. The van der Waals surface area contributed by atoms with Crippen LogP contribution in [0.1, 0.15) is 17.5 Å². The summed E-state index contributed by atoms with van der Waals surface area (Å²) in [4.78, 5) is 20.5. The van der Waals surface area contributed by atoms with E-state index in [1.807, 2.05) is 42.5 Å². The lowest BCUT2D eigenvalue weighted by atomic mass is 10.2. The highest BCUT2D eigenvalue weighted by molar-refractivity contribution is 6.33. The summed E-state index contributed by atoms with van der Waals surface area (Å²) >= 11 is 6.18. The van der Waals surface area contributed by atoms with Gasteiger partial charge in [-0.3, -0.25) is 0 Å². The minimum atomic E-state index is -0.555. The number of aromatic nitrogens is 2. The molecule has 5 nitrogen and oxygen atoms in total. The fraction of sp³-hybridized carbons (Fsp3) is 0.118. The zero-order valence-electron chi connectivity index (χ0n) is 12.4. The highest BCUT2D eigenvalue weighted by atomic mass is 35.5. The van der Waals surface area contributed by atoms with Gasteiger partial charge >= 0.3 is 5.97 Å². The van der Waals surface area contributed by atoms with E-state index in [1.54, 1.807) is 13.0 Å². The highest BCUT2D eigenvalue weighted by Crippen LogP contribution is 2.28. The Morgan fingerprint density at radius 3 is 2.65 bits per heavy atom. The number of halogens is 1. The number of nitrogens with one attached hydrogen (secondary N) is 1. The van der Waals surface area contributed by atoms with Crippen LogP contribution in [0, 0.1) is 0 Å². The minimum Gasteiger partial charge on any atom is -0.460 e. The first-order valence-electron chi connectivity index (χ1n) is 7.14. The lowest BCUT2D eigenvalue weighted by Crippen LogP contribution is -2.11. The predicted octanol–water partition coefficient (Wildman–Crippen LogP) is 4.20. The Hall–Kier alpha value is -2.66. The Balaban J connectivity index is 2.10. The van der Waals surface area contributed by atoms with Crippen molar-refractivity contribution in [3.8, 4) is 0 Å². The summed E-state index contributed by atoms with van der Waals surface area (Å²) in [6, 6.07) is 14.8. The van der Waals surface area contributed by atoms with E-state index >= 15 is 0 Å². The third-order valence-electron chi connectivity index (χ3n) is 3.19. The molecule has 116 valence electrons. The number of carbonyl (C=O) groups excluding carboxylic acids is 1. The molecule has 0 saturated heterocycles. The third-order valence-corrected chi connectivity index (χ3v) is 3.52. The average molecular weight is 328 g/mol. The Morgan fingerprint density at radius 1 is 1.13 bits per heavy atom. The number of hydrogen-bond acceptors (Lipinski definition) is 5. The molecule has 0 aliphatic heterocycles. The van der Waals surface area contributed by atoms with Gasteiger partial charge < -0.3 is 10.1 Å². The van der Waals surface area contributed by atoms with Crippen molar-refractivity contribution in [1.82, 2.24) is 9.97 Å². The fourth-order valence-corrected chi connectivity index (χ4v) is 2.33. The van der Waals surface area contributed by atoms with Crippen LogP contribution in [0.5, 0.6) is 0 Å². The zero-order chi connectivity index (χ0) is 16.2. The van der Waals surface area contributed by atoms with Gasteiger partial charge in [0.15, 0.2) is 0 Å². The molecule has 1 N–H and O–H groups in total. The second-order valence-electron chi connectivity index (χ2n) is 4.74. The molecular formula is C17H14ClN3O2. The number of rotatable bonds is 4. The van der Waals surface area contributed by atoms with E-state index in [0.29, 0.717) is 22.0 Å². The van der Waals surface area contributed by atoms with E-state index in [0.717, 1.165) is 5.39 Å². The number of fused-ring (bicyclic) bond motifs is 1. The van der Waals surface area contributed by atoms with Gasteiger partial charge in [-0.1, -0.05) is 35.9 Å². The quantitative estimate of drug-likeness (QED) is 0.727. The van der Waals surface area contributed by atoms with Crippen LogP contribution in [0.4, 0.5) is 11.5 Å². The van der Waals surface area contributed by atoms with Crippen LogP contribution in [0.2, 0.25) is 5.02 Å². The van der Waals surface area contributed by atoms with Crippen LogP contribution in [0.25, 0.3) is 10.9 Å². The van der Waals surface area contributed by atoms with Gasteiger partial charge in [0.25, 0.3) is 0 Å². The van der Waals surface area contributed by atoms with Crippen molar-refractivity contribution in [2.45, 2.75) is 6.92 Å². The zero-order valence-corrected chi connectivity index (χ0v) is 13.2. The molecule has 2 aromatic carbocycles. The topological polar surface area (TPSA) is 64.1 Å². The monoisotopic (exact) mass is 327 g/mol. The summed E-state index contributed by atoms with van der Waals surface area (Å²) in [5.74, 6) is -0.0349. The van der Waals surface area contributed by atoms with Gasteiger partial charge in [0.05, 0.1) is 22.8 Å². The number of esters is 1. The fourth-order valence-electron chi connectivity index (χ4n) is 2.15. The second kappa shape index (κ2) is 6.62. The number of hydrogen-bond donors (Lipinski definition) is 1. The number of anilines is 2. The number of ether oxygens (including phenoxy) is 1. The molecule has 1 heterocycles. The molecule has 0 aliphatic rings. The van der Waals surface area contributed by atoms with Gasteiger partial charge in [-0.15, -0.1) is 0 Å². The number of para-hydroxylation sites is 2. The molecule has 0 aliphatic carbocycles. The first-order valence-corrected chi connectivity index (χ1v) is 7.52. The Labute approximate surface area is 138 Å². The Kier molecular flexibility index (Phi) is 4.39. The number of nitrogens with zero attached hydrogens (tertiary/aromatic N) is 2. The van der Waals surface area contributed by atoms with Crippen molar-refractivity contribution < 1.29 is 9.53 Å². The van der Waals surface area contributed by atoms with Gasteiger partial charge in [-0.25, -0.2) is 14.8 Å². The number of benzene rings is 2. The molecule has 0 amide bonds. The molecule has 0 spiro atoms. The first kappa shape index (κ1) is 15.2. The molecule has 0 fully saturated rings. The second-order valence-corrected chi connectivity index (χ2v) is 5.15. The van der Waals surface area contributed by atoms with E-state index in [-0.39, 0.29) is 12.4 Å². The van der Waals surface area contributed by atoms with E-state index < -0.39 is 5.97 Å². The van der Waals surface area contributed by atoms with Gasteiger partial charge in [0.2, 0.25) is 5.82 Å². The summed E-state index contributed by atoms with van der Waals surface area (Å²) in [5, 5.41) is 4.52. The summed E-state index contributed by atoms with van der Waals surface area (Å²) < 4.78 is 4.99. The molecule has 0 unspecified atom stereocenters. The predicted molar refractivity (Wildman–Crippen MR) is 90.2 cm³/mol. The molecule has 0 bridgehead atoms. The molecule has 3 rings (SSSR count). The summed E-state index contributed by atoms with van der Waals surface area (Å²) in [6.45, 7) is 2.00. The lowest BCUT2D eigenvalue weighted by Gasteiger charge is -2.11. The lowest BCUT2D eigenvalue weighted by molar-refractivity contribution is 0.0512. The van der Waals surface area contributed by atoms with Crippen LogP contribution in [-0.2, 0) is 4.74 Å². The van der Waals surface area contributed by atoms with Crippen molar-refractivity contribution in [2.75, 3.05) is 11.9 Å². The van der Waals surface area contributed by atoms with Crippen LogP contribution in [-0.4, -0.2) is 22.5 Å². The standard InChI is InChI=1S/C17H14ClN3O2/c1-2-23-17(22)16-19-13-9-5-3-7-11(13)15(21-16)20-14-10-6-4-8-12(14)18/h3-10H,2H2,1H3,(H,19,20,21). The molecule has 6 heteroatoms. The molecule has 23 heavy (non-hydrogen) atoms. The van der Waals surface area contributed by atoms with E-state index in [1.165, 1.54) is 0 Å². The molecule has 1 aromatic heterocycles. The first-order chi connectivity index (χ1) is 11.2. The van der Waals surface area contributed by atoms with Crippen LogP contribution in [0.3, 0.4) is 0 Å². The van der Waals surface area contributed by atoms with Crippen LogP contribution in [0.15, 0.2) is 48.5 Å². The van der Waals surface area contributed by atoms with Crippen LogP contribution < -0.4 is 5.32 Å². The Bertz CT molecular complexity index is 867. The molecule has 0 atom stereocenters. The smallest absolute Gasteiger partial charge is 0.376 e. The largest absolute Gasteiger partial charge is 0.460 e. The average Bonchev–Trinajstić information content (AvgIpc) is 2.57. The maximum Gasteiger partial charge on any atom is 0.376 e. The van der Waals surface area contributed by atoms with Crippen molar-refractivity contribution >= 4 is 40.0 Å². The highest BCUT2D eigenvalue weighted by Gasteiger charge is 2.15. The van der Waals surface area contributed by atoms with Crippen molar-refractivity contribution in [3.05, 3.63) is 59.4 Å². The summed E-state index contributed by atoms with van der Waals surface area (Å²) in [6.07, 6.45) is 0. The number of carbonyl (C=O) groups is 1. The normalized spacial score (nSPS) is 10.5. The molecule has 0 saturated carbocycles. The molecule has 3 aromatic rings.